The van der Waals surface area contributed by atoms with Crippen molar-refractivity contribution in [1.82, 2.24) is 15.2 Å². The smallest absolute Gasteiger partial charge is 0.234 e. The summed E-state index contributed by atoms with van der Waals surface area (Å²) in [7, 11) is 0. The second-order valence-electron chi connectivity index (χ2n) is 3.48. The number of hydrogen-bond acceptors (Lipinski definition) is 5. The van der Waals surface area contributed by atoms with Gasteiger partial charge in [-0.2, -0.15) is 5.10 Å². The number of carbonyl (C=O) groups is 1. The van der Waals surface area contributed by atoms with Crippen LogP contribution in [0.5, 0.6) is 0 Å². The van der Waals surface area contributed by atoms with Crippen LogP contribution in [0.1, 0.15) is 0 Å². The average Bonchev–Trinajstić information content (AvgIpc) is 2.84. The summed E-state index contributed by atoms with van der Waals surface area (Å²) in [5.74, 6) is -0.0922. The molecule has 1 amide bonds. The highest BCUT2D eigenvalue weighted by Crippen LogP contribution is 2.32. The lowest BCUT2D eigenvalue weighted by molar-refractivity contribution is -0.113. The van der Waals surface area contributed by atoms with E-state index in [1.54, 1.807) is 0 Å². The molecule has 100 valence electrons. The van der Waals surface area contributed by atoms with Gasteiger partial charge in [0.05, 0.1) is 22.2 Å². The van der Waals surface area contributed by atoms with E-state index in [-0.39, 0.29) is 11.7 Å². The van der Waals surface area contributed by atoms with Crippen molar-refractivity contribution in [3.63, 3.8) is 0 Å². The van der Waals surface area contributed by atoms with Gasteiger partial charge in [-0.3, -0.25) is 9.89 Å². The molecular weight excluding hydrogens is 309 g/mol. The van der Waals surface area contributed by atoms with Crippen LogP contribution in [-0.2, 0) is 4.79 Å². The number of halogens is 2. The summed E-state index contributed by atoms with van der Waals surface area (Å²) in [6.07, 6.45) is 1.37. The molecule has 0 saturated carbocycles. The molecule has 9 heteroatoms. The van der Waals surface area contributed by atoms with Crippen LogP contribution in [0.15, 0.2) is 23.6 Å². The molecule has 0 atom stereocenters. The summed E-state index contributed by atoms with van der Waals surface area (Å²) in [4.78, 5) is 15.6. The van der Waals surface area contributed by atoms with E-state index in [1.807, 2.05) is 0 Å². The van der Waals surface area contributed by atoms with E-state index in [1.165, 1.54) is 30.2 Å². The molecule has 0 fully saturated rings. The molecule has 0 spiro atoms. The maximum Gasteiger partial charge on any atom is 0.234 e. The molecule has 1 aromatic heterocycles. The Bertz CT molecular complexity index is 567. The number of benzene rings is 1. The van der Waals surface area contributed by atoms with E-state index in [9.17, 15) is 4.79 Å². The van der Waals surface area contributed by atoms with E-state index in [0.717, 1.165) is 0 Å². The molecule has 2 rings (SSSR count). The molecule has 0 saturated heterocycles. The molecule has 2 aromatic rings. The van der Waals surface area contributed by atoms with Gasteiger partial charge >= 0.3 is 0 Å². The molecule has 19 heavy (non-hydrogen) atoms. The third-order valence-corrected chi connectivity index (χ3v) is 3.48. The lowest BCUT2D eigenvalue weighted by atomic mass is 10.2. The first-order valence-electron chi connectivity index (χ1n) is 5.09. The molecule has 1 heterocycles. The van der Waals surface area contributed by atoms with Crippen molar-refractivity contribution in [2.75, 3.05) is 16.8 Å². The third kappa shape index (κ3) is 3.76. The van der Waals surface area contributed by atoms with Crippen molar-refractivity contribution < 1.29 is 4.79 Å². The van der Waals surface area contributed by atoms with Gasteiger partial charge in [-0.25, -0.2) is 4.98 Å². The maximum atomic E-state index is 11.8. The van der Waals surface area contributed by atoms with Gasteiger partial charge in [-0.1, -0.05) is 35.0 Å². The summed E-state index contributed by atoms with van der Waals surface area (Å²) >= 11 is 13.0. The minimum Gasteiger partial charge on any atom is -0.397 e. The zero-order chi connectivity index (χ0) is 13.8. The van der Waals surface area contributed by atoms with E-state index in [4.69, 9.17) is 28.9 Å². The summed E-state index contributed by atoms with van der Waals surface area (Å²) in [6, 6.07) is 3.03. The topological polar surface area (TPSA) is 96.7 Å². The Hall–Kier alpha value is -1.44. The Morgan fingerprint density at radius 1 is 1.47 bits per heavy atom. The number of anilines is 2. The summed E-state index contributed by atoms with van der Waals surface area (Å²) in [5, 5.41) is 10.2. The molecule has 0 radical (unpaired) electrons. The molecule has 4 N–H and O–H groups in total. The van der Waals surface area contributed by atoms with Crippen LogP contribution in [0, 0.1) is 0 Å². The highest BCUT2D eigenvalue weighted by Gasteiger charge is 2.11. The fourth-order valence-corrected chi connectivity index (χ4v) is 2.43. The number of amides is 1. The van der Waals surface area contributed by atoms with Crippen LogP contribution in [-0.4, -0.2) is 26.8 Å². The number of thioether (sulfide) groups is 1. The van der Waals surface area contributed by atoms with Gasteiger partial charge in [-0.15, -0.1) is 0 Å². The van der Waals surface area contributed by atoms with Crippen molar-refractivity contribution in [3.8, 4) is 0 Å². The summed E-state index contributed by atoms with van der Waals surface area (Å²) in [6.45, 7) is 0. The Balaban J connectivity index is 1.99. The molecular formula is C10H9Cl2N5OS. The average molecular weight is 318 g/mol. The fourth-order valence-electron chi connectivity index (χ4n) is 1.30. The Morgan fingerprint density at radius 2 is 2.26 bits per heavy atom. The molecule has 0 unspecified atom stereocenters. The first-order valence-corrected chi connectivity index (χ1v) is 6.83. The number of carbonyl (C=O) groups excluding carboxylic acids is 1. The summed E-state index contributed by atoms with van der Waals surface area (Å²) in [5.41, 5.74) is 6.41. The molecule has 0 bridgehead atoms. The molecule has 6 nitrogen and oxygen atoms in total. The molecule has 0 aliphatic carbocycles. The van der Waals surface area contributed by atoms with E-state index in [0.29, 0.717) is 26.6 Å². The predicted octanol–water partition coefficient (Wildman–Crippen LogP) is 2.42. The number of H-pyrrole nitrogens is 1. The van der Waals surface area contributed by atoms with Crippen molar-refractivity contribution in [2.45, 2.75) is 5.16 Å². The van der Waals surface area contributed by atoms with Gasteiger partial charge in [0.1, 0.15) is 6.33 Å². The zero-order valence-electron chi connectivity index (χ0n) is 9.48. The number of aromatic amines is 1. The number of nitrogens with zero attached hydrogens (tertiary/aromatic N) is 2. The molecule has 1 aromatic carbocycles. The quantitative estimate of drug-likeness (QED) is 0.594. The number of nitrogens with two attached hydrogens (primary N) is 1. The van der Waals surface area contributed by atoms with E-state index >= 15 is 0 Å². The predicted molar refractivity (Wildman–Crippen MR) is 76.6 cm³/mol. The van der Waals surface area contributed by atoms with Crippen molar-refractivity contribution in [2.24, 2.45) is 0 Å². The Morgan fingerprint density at radius 3 is 2.89 bits per heavy atom. The zero-order valence-corrected chi connectivity index (χ0v) is 11.8. The Kier molecular flexibility index (Phi) is 4.52. The summed E-state index contributed by atoms with van der Waals surface area (Å²) < 4.78 is 0. The fraction of sp³-hybridized carbons (Fsp3) is 0.100. The highest BCUT2D eigenvalue weighted by molar-refractivity contribution is 7.99. The van der Waals surface area contributed by atoms with Gasteiger partial charge < -0.3 is 11.1 Å². The van der Waals surface area contributed by atoms with E-state index in [2.05, 4.69) is 20.5 Å². The minimum atomic E-state index is -0.252. The second kappa shape index (κ2) is 6.14. The first kappa shape index (κ1) is 14.0. The monoisotopic (exact) mass is 317 g/mol. The van der Waals surface area contributed by atoms with Gasteiger partial charge in [0, 0.05) is 5.02 Å². The number of nitrogen functional groups attached to an aromatic ring is 1. The minimum absolute atomic E-state index is 0.160. The highest BCUT2D eigenvalue weighted by atomic mass is 35.5. The standard InChI is InChI=1S/C10H9Cl2N5OS/c11-5-1-6(12)9(7(13)2-5)16-8(18)3-19-10-14-4-15-17-10/h1-2,4H,3,13H2,(H,16,18)(H,14,15,17). The van der Waals surface area contributed by atoms with Crippen molar-refractivity contribution >= 4 is 52.2 Å². The lowest BCUT2D eigenvalue weighted by Crippen LogP contribution is -2.15. The normalized spacial score (nSPS) is 10.4. The van der Waals surface area contributed by atoms with Gasteiger partial charge in [0.15, 0.2) is 5.16 Å². The van der Waals surface area contributed by atoms with Crippen LogP contribution in [0.4, 0.5) is 11.4 Å². The molecule has 0 aliphatic rings. The van der Waals surface area contributed by atoms with Crippen LogP contribution in [0.3, 0.4) is 0 Å². The van der Waals surface area contributed by atoms with Crippen LogP contribution < -0.4 is 11.1 Å². The SMILES string of the molecule is Nc1cc(Cl)cc(Cl)c1NC(=O)CSc1ncn[nH]1. The number of rotatable bonds is 4. The first-order chi connectivity index (χ1) is 9.06. The van der Waals surface area contributed by atoms with Crippen LogP contribution in [0.2, 0.25) is 10.0 Å². The largest absolute Gasteiger partial charge is 0.397 e. The third-order valence-electron chi connectivity index (χ3n) is 2.08. The maximum absolute atomic E-state index is 11.8. The lowest BCUT2D eigenvalue weighted by Gasteiger charge is -2.10. The van der Waals surface area contributed by atoms with Crippen LogP contribution in [0.25, 0.3) is 0 Å². The van der Waals surface area contributed by atoms with Gasteiger partial charge in [0.25, 0.3) is 0 Å². The Labute approximate surface area is 123 Å². The van der Waals surface area contributed by atoms with Gasteiger partial charge in [0.2, 0.25) is 5.91 Å². The number of hydrogen-bond donors (Lipinski definition) is 3. The molecule has 0 aliphatic heterocycles. The van der Waals surface area contributed by atoms with Crippen molar-refractivity contribution in [3.05, 3.63) is 28.5 Å². The van der Waals surface area contributed by atoms with Crippen LogP contribution >= 0.6 is 35.0 Å². The second-order valence-corrected chi connectivity index (χ2v) is 5.29. The van der Waals surface area contributed by atoms with E-state index < -0.39 is 0 Å². The number of nitrogens with one attached hydrogen (secondary N) is 2. The van der Waals surface area contributed by atoms with Gasteiger partial charge in [-0.05, 0) is 12.1 Å². The van der Waals surface area contributed by atoms with Crippen molar-refractivity contribution in [1.29, 1.82) is 0 Å². The number of aromatic nitrogens is 3.